The quantitative estimate of drug-likeness (QED) is 0.504. The number of carbonyl (C=O) groups is 1. The number of rotatable bonds is 0. The van der Waals surface area contributed by atoms with Crippen LogP contribution < -0.4 is 0 Å². The summed E-state index contributed by atoms with van der Waals surface area (Å²) in [5, 5.41) is 0. The molecule has 0 aromatic carbocycles. The van der Waals surface area contributed by atoms with Crippen molar-refractivity contribution in [2.24, 2.45) is 0 Å². The van der Waals surface area contributed by atoms with Crippen LogP contribution in [0.4, 0.5) is 0 Å². The van der Waals surface area contributed by atoms with Crippen molar-refractivity contribution in [1.82, 2.24) is 0 Å². The van der Waals surface area contributed by atoms with Crippen LogP contribution in [0, 0.1) is 0 Å². The number of fused-ring (bicyclic) bond motifs is 1. The molecule has 2 rings (SSSR count). The highest BCUT2D eigenvalue weighted by molar-refractivity contribution is 6.12. The van der Waals surface area contributed by atoms with Crippen molar-refractivity contribution < 1.29 is 9.21 Å². The predicted octanol–water partition coefficient (Wildman–Crippen LogP) is 1.57. The van der Waals surface area contributed by atoms with Crippen LogP contribution in [0.1, 0.15) is 15.9 Å². The second-order valence-corrected chi connectivity index (χ2v) is 2.42. The van der Waals surface area contributed by atoms with E-state index in [4.69, 9.17) is 4.42 Å². The summed E-state index contributed by atoms with van der Waals surface area (Å²) in [7, 11) is 0. The maximum atomic E-state index is 11.1. The van der Waals surface area contributed by atoms with E-state index in [1.54, 1.807) is 6.26 Å². The zero-order valence-corrected chi connectivity index (χ0v) is 5.39. The molecule has 0 bridgehead atoms. The lowest BCUT2D eigenvalue weighted by molar-refractivity contribution is 0.103. The lowest BCUT2D eigenvalue weighted by atomic mass is 10.2. The van der Waals surface area contributed by atoms with Gasteiger partial charge in [0.2, 0.25) is 0 Å². The average Bonchev–Trinajstić information content (AvgIpc) is 2.41. The third-order valence-electron chi connectivity index (χ3n) is 1.71. The van der Waals surface area contributed by atoms with E-state index in [0.717, 1.165) is 5.56 Å². The van der Waals surface area contributed by atoms with Gasteiger partial charge < -0.3 is 4.42 Å². The Morgan fingerprint density at radius 3 is 3.00 bits per heavy atom. The first-order valence-corrected chi connectivity index (χ1v) is 3.06. The largest absolute Gasteiger partial charge is 0.472 e. The third kappa shape index (κ3) is 0.506. The fourth-order valence-corrected chi connectivity index (χ4v) is 1.16. The van der Waals surface area contributed by atoms with E-state index in [1.165, 1.54) is 6.26 Å². The summed E-state index contributed by atoms with van der Waals surface area (Å²) < 4.78 is 4.84. The summed E-state index contributed by atoms with van der Waals surface area (Å²) >= 11 is 0. The predicted molar refractivity (Wildman–Crippen MR) is 35.9 cm³/mol. The molecule has 1 aliphatic rings. The summed E-state index contributed by atoms with van der Waals surface area (Å²) in [5.41, 5.74) is 2.32. The molecule has 2 nitrogen and oxygen atoms in total. The standard InChI is InChI=1S/C8H6O2/c1-5-2-6-3-10-4-7(6)8(5)9/h3-4H,1-2H2. The lowest BCUT2D eigenvalue weighted by Gasteiger charge is -1.85. The Bertz CT molecular complexity index is 307. The van der Waals surface area contributed by atoms with Crippen LogP contribution in [0.25, 0.3) is 0 Å². The SMILES string of the molecule is C=C1Cc2cocc2C1=O. The van der Waals surface area contributed by atoms with Crippen molar-refractivity contribution in [1.29, 1.82) is 0 Å². The van der Waals surface area contributed by atoms with Crippen molar-refractivity contribution in [3.63, 3.8) is 0 Å². The molecule has 0 aliphatic heterocycles. The zero-order valence-electron chi connectivity index (χ0n) is 5.39. The molecule has 0 unspecified atom stereocenters. The van der Waals surface area contributed by atoms with Crippen LogP contribution in [-0.4, -0.2) is 5.78 Å². The normalized spacial score (nSPS) is 16.0. The Hall–Kier alpha value is -1.31. The number of allylic oxidation sites excluding steroid dienone is 1. The summed E-state index contributed by atoms with van der Waals surface area (Å²) in [5.74, 6) is 0.0313. The van der Waals surface area contributed by atoms with Gasteiger partial charge >= 0.3 is 0 Å². The molecule has 0 radical (unpaired) electrons. The Morgan fingerprint density at radius 1 is 1.50 bits per heavy atom. The Kier molecular flexibility index (Phi) is 0.873. The van der Waals surface area contributed by atoms with Gasteiger partial charge in [0.25, 0.3) is 0 Å². The number of carbonyl (C=O) groups excluding carboxylic acids is 1. The molecule has 0 N–H and O–H groups in total. The first-order valence-electron chi connectivity index (χ1n) is 3.06. The fraction of sp³-hybridized carbons (Fsp3) is 0.125. The Balaban J connectivity index is 2.63. The third-order valence-corrected chi connectivity index (χ3v) is 1.71. The van der Waals surface area contributed by atoms with Gasteiger partial charge in [-0.15, -0.1) is 0 Å². The monoisotopic (exact) mass is 134 g/mol. The van der Waals surface area contributed by atoms with Crippen molar-refractivity contribution in [2.45, 2.75) is 6.42 Å². The Labute approximate surface area is 58.2 Å². The summed E-state index contributed by atoms with van der Waals surface area (Å²) in [6.07, 6.45) is 3.74. The van der Waals surface area contributed by atoms with Gasteiger partial charge in [-0.3, -0.25) is 4.79 Å². The highest BCUT2D eigenvalue weighted by Gasteiger charge is 2.24. The van der Waals surface area contributed by atoms with Gasteiger partial charge in [-0.25, -0.2) is 0 Å². The molecule has 1 aromatic heterocycles. The number of hydrogen-bond donors (Lipinski definition) is 0. The molecule has 0 saturated heterocycles. The van der Waals surface area contributed by atoms with Gasteiger partial charge in [0.05, 0.1) is 11.8 Å². The average molecular weight is 134 g/mol. The minimum absolute atomic E-state index is 0.0313. The van der Waals surface area contributed by atoms with Crippen LogP contribution >= 0.6 is 0 Å². The highest BCUT2D eigenvalue weighted by atomic mass is 16.3. The molecule has 0 saturated carbocycles. The molecule has 0 amide bonds. The van der Waals surface area contributed by atoms with E-state index < -0.39 is 0 Å². The highest BCUT2D eigenvalue weighted by Crippen LogP contribution is 2.25. The van der Waals surface area contributed by atoms with E-state index in [0.29, 0.717) is 17.6 Å². The number of furan rings is 1. The van der Waals surface area contributed by atoms with Gasteiger partial charge in [-0.1, -0.05) is 6.58 Å². The van der Waals surface area contributed by atoms with Gasteiger partial charge in [0, 0.05) is 12.0 Å². The molecular formula is C8H6O2. The van der Waals surface area contributed by atoms with Crippen molar-refractivity contribution in [2.75, 3.05) is 0 Å². The molecule has 0 fully saturated rings. The van der Waals surface area contributed by atoms with Crippen LogP contribution in [0.2, 0.25) is 0 Å². The zero-order chi connectivity index (χ0) is 7.14. The topological polar surface area (TPSA) is 30.2 Å². The van der Waals surface area contributed by atoms with Gasteiger partial charge in [0.15, 0.2) is 5.78 Å². The maximum Gasteiger partial charge on any atom is 0.192 e. The number of hydrogen-bond acceptors (Lipinski definition) is 2. The smallest absolute Gasteiger partial charge is 0.192 e. The first kappa shape index (κ1) is 5.47. The van der Waals surface area contributed by atoms with Crippen LogP contribution in [0.5, 0.6) is 0 Å². The Morgan fingerprint density at radius 2 is 2.30 bits per heavy atom. The molecule has 2 heteroatoms. The van der Waals surface area contributed by atoms with E-state index in [9.17, 15) is 4.79 Å². The lowest BCUT2D eigenvalue weighted by Crippen LogP contribution is -1.91. The molecular weight excluding hydrogens is 128 g/mol. The summed E-state index contributed by atoms with van der Waals surface area (Å²) in [4.78, 5) is 11.1. The second kappa shape index (κ2) is 1.59. The van der Waals surface area contributed by atoms with E-state index >= 15 is 0 Å². The molecule has 0 atom stereocenters. The van der Waals surface area contributed by atoms with Gasteiger partial charge in [-0.05, 0) is 5.57 Å². The fourth-order valence-electron chi connectivity index (χ4n) is 1.16. The second-order valence-electron chi connectivity index (χ2n) is 2.42. The van der Waals surface area contributed by atoms with E-state index in [-0.39, 0.29) is 5.78 Å². The van der Waals surface area contributed by atoms with E-state index in [1.807, 2.05) is 0 Å². The van der Waals surface area contributed by atoms with Crippen molar-refractivity contribution in [3.05, 3.63) is 35.8 Å². The van der Waals surface area contributed by atoms with Crippen LogP contribution in [-0.2, 0) is 6.42 Å². The molecule has 50 valence electrons. The molecule has 10 heavy (non-hydrogen) atoms. The maximum absolute atomic E-state index is 11.1. The van der Waals surface area contributed by atoms with Gasteiger partial charge in [-0.2, -0.15) is 0 Å². The van der Waals surface area contributed by atoms with Gasteiger partial charge in [0.1, 0.15) is 6.26 Å². The number of Topliss-reactive ketones (excluding diaryl/α,β-unsaturated/α-hetero) is 1. The van der Waals surface area contributed by atoms with Crippen molar-refractivity contribution in [3.8, 4) is 0 Å². The summed E-state index contributed by atoms with van der Waals surface area (Å²) in [6, 6.07) is 0. The van der Waals surface area contributed by atoms with Crippen molar-refractivity contribution >= 4 is 5.78 Å². The van der Waals surface area contributed by atoms with E-state index in [2.05, 4.69) is 6.58 Å². The molecule has 1 aromatic rings. The first-order chi connectivity index (χ1) is 4.79. The molecule has 1 heterocycles. The molecule has 0 spiro atoms. The molecule has 1 aliphatic carbocycles. The summed E-state index contributed by atoms with van der Waals surface area (Å²) in [6.45, 7) is 3.63. The number of ketones is 1. The van der Waals surface area contributed by atoms with Crippen LogP contribution in [0.15, 0.2) is 29.1 Å². The minimum Gasteiger partial charge on any atom is -0.472 e. The van der Waals surface area contributed by atoms with Crippen LogP contribution in [0.3, 0.4) is 0 Å². The minimum atomic E-state index is 0.0313.